The van der Waals surface area contributed by atoms with Gasteiger partial charge in [0.2, 0.25) is 5.78 Å². The Bertz CT molecular complexity index is 753. The van der Waals surface area contributed by atoms with E-state index >= 15 is 0 Å². The van der Waals surface area contributed by atoms with Gasteiger partial charge in [-0.1, -0.05) is 11.6 Å². The molecule has 0 amide bonds. The molecule has 0 unspecified atom stereocenters. The van der Waals surface area contributed by atoms with E-state index in [9.17, 15) is 24.9 Å². The fourth-order valence-electron chi connectivity index (χ4n) is 2.52. The normalized spacial score (nSPS) is 14.8. The highest BCUT2D eigenvalue weighted by Gasteiger charge is 2.34. The van der Waals surface area contributed by atoms with Crippen molar-refractivity contribution in [3.8, 4) is 11.5 Å². The molecule has 1 aromatic carbocycles. The molecule has 0 heterocycles. The predicted molar refractivity (Wildman–Crippen MR) is 87.1 cm³/mol. The molecular weight excluding hydrogens is 312 g/mol. The lowest BCUT2D eigenvalue weighted by Gasteiger charge is -2.20. The summed E-state index contributed by atoms with van der Waals surface area (Å²) in [6.45, 7) is 5.57. The Kier molecular flexibility index (Phi) is 5.09. The summed E-state index contributed by atoms with van der Waals surface area (Å²) in [6.07, 6.45) is 1.84. The smallest absolute Gasteiger partial charge is 0.232 e. The average Bonchev–Trinajstić information content (AvgIpc) is 2.51. The zero-order chi connectivity index (χ0) is 18.0. The maximum Gasteiger partial charge on any atom is 0.232 e. The van der Waals surface area contributed by atoms with Crippen LogP contribution in [0.15, 0.2) is 29.6 Å². The van der Waals surface area contributed by atoms with Crippen molar-refractivity contribution in [1.29, 1.82) is 0 Å². The predicted octanol–water partition coefficient (Wildman–Crippen LogP) is 2.79. The van der Waals surface area contributed by atoms with E-state index in [1.807, 2.05) is 13.8 Å². The van der Waals surface area contributed by atoms with Crippen LogP contribution in [0.5, 0.6) is 11.5 Å². The molecule has 0 fully saturated rings. The Labute approximate surface area is 139 Å². The highest BCUT2D eigenvalue weighted by molar-refractivity contribution is 6.26. The van der Waals surface area contributed by atoms with Crippen LogP contribution in [0, 0.1) is 0 Å². The largest absolute Gasteiger partial charge is 0.507 e. The number of ether oxygens (including phenoxy) is 1. The van der Waals surface area contributed by atoms with Gasteiger partial charge in [-0.15, -0.1) is 0 Å². The molecular formula is C18H20O6. The van der Waals surface area contributed by atoms with Gasteiger partial charge in [-0.2, -0.15) is 0 Å². The molecule has 0 saturated heterocycles. The number of benzene rings is 1. The van der Waals surface area contributed by atoms with Gasteiger partial charge in [0, 0.05) is 11.6 Å². The molecule has 1 aliphatic carbocycles. The summed E-state index contributed by atoms with van der Waals surface area (Å²) in [5.74, 6) is -2.48. The lowest BCUT2D eigenvalue weighted by atomic mass is 9.88. The standard InChI is InChI=1S/C18H20O6/c1-4-24-14-8-13(21)15-16(18(14)23)12(20)7-10(17(15)22)11(19)6-5-9(2)3/h5,7-8,11,19-20,22H,4,6H2,1-3H3/t11-/m1/s1. The SMILES string of the molecule is CCOC1=CC(=O)c2c(O)c([C@H](O)CC=C(C)C)cc(O)c2C1=O. The van der Waals surface area contributed by atoms with Crippen LogP contribution >= 0.6 is 0 Å². The molecule has 3 N–H and O–H groups in total. The van der Waals surface area contributed by atoms with Crippen molar-refractivity contribution in [2.24, 2.45) is 0 Å². The zero-order valence-corrected chi connectivity index (χ0v) is 13.8. The van der Waals surface area contributed by atoms with Crippen LogP contribution in [0.4, 0.5) is 0 Å². The van der Waals surface area contributed by atoms with Crippen LogP contribution in [0.25, 0.3) is 0 Å². The van der Waals surface area contributed by atoms with Gasteiger partial charge in [0.15, 0.2) is 11.5 Å². The average molecular weight is 332 g/mol. The fourth-order valence-corrected chi connectivity index (χ4v) is 2.52. The van der Waals surface area contributed by atoms with Gasteiger partial charge in [-0.3, -0.25) is 9.59 Å². The summed E-state index contributed by atoms with van der Waals surface area (Å²) >= 11 is 0. The van der Waals surface area contributed by atoms with Gasteiger partial charge < -0.3 is 20.1 Å². The Balaban J connectivity index is 2.54. The minimum atomic E-state index is -1.11. The van der Waals surface area contributed by atoms with Gasteiger partial charge >= 0.3 is 0 Å². The molecule has 0 bridgehead atoms. The van der Waals surface area contributed by atoms with E-state index in [1.165, 1.54) is 0 Å². The van der Waals surface area contributed by atoms with E-state index in [1.54, 1.807) is 13.0 Å². The first-order chi connectivity index (χ1) is 11.3. The molecule has 6 nitrogen and oxygen atoms in total. The van der Waals surface area contributed by atoms with E-state index in [0.29, 0.717) is 0 Å². The molecule has 128 valence electrons. The van der Waals surface area contributed by atoms with Crippen LogP contribution in [-0.2, 0) is 4.74 Å². The van der Waals surface area contributed by atoms with Crippen molar-refractivity contribution in [1.82, 2.24) is 0 Å². The number of phenols is 2. The molecule has 6 heteroatoms. The van der Waals surface area contributed by atoms with Gasteiger partial charge in [-0.05, 0) is 33.3 Å². The second kappa shape index (κ2) is 6.88. The first-order valence-corrected chi connectivity index (χ1v) is 7.61. The van der Waals surface area contributed by atoms with Crippen LogP contribution < -0.4 is 0 Å². The maximum absolute atomic E-state index is 12.3. The second-order valence-corrected chi connectivity index (χ2v) is 5.75. The summed E-state index contributed by atoms with van der Waals surface area (Å²) in [5.41, 5.74) is 0.362. The third-order valence-corrected chi connectivity index (χ3v) is 3.68. The fraction of sp³-hybridized carbons (Fsp3) is 0.333. The van der Waals surface area contributed by atoms with Crippen molar-refractivity contribution in [3.63, 3.8) is 0 Å². The van der Waals surface area contributed by atoms with Crippen LogP contribution in [0.2, 0.25) is 0 Å². The number of hydrogen-bond donors (Lipinski definition) is 3. The van der Waals surface area contributed by atoms with Crippen molar-refractivity contribution in [2.75, 3.05) is 6.61 Å². The summed E-state index contributed by atoms with van der Waals surface area (Å²) in [6, 6.07) is 1.11. The highest BCUT2D eigenvalue weighted by Crippen LogP contribution is 2.40. The first-order valence-electron chi connectivity index (χ1n) is 7.61. The number of aliphatic hydroxyl groups is 1. The highest BCUT2D eigenvalue weighted by atomic mass is 16.5. The number of Topliss-reactive ketones (excluding diaryl/α,β-unsaturated/α-hetero) is 1. The summed E-state index contributed by atoms with van der Waals surface area (Å²) in [4.78, 5) is 24.6. The quantitative estimate of drug-likeness (QED) is 0.566. The molecule has 0 radical (unpaired) electrons. The van der Waals surface area contributed by atoms with E-state index in [-0.39, 0.29) is 35.5 Å². The molecule has 2 rings (SSSR count). The van der Waals surface area contributed by atoms with Crippen molar-refractivity contribution < 1.29 is 29.6 Å². The van der Waals surface area contributed by atoms with E-state index in [0.717, 1.165) is 17.7 Å². The number of ketones is 2. The molecule has 0 spiro atoms. The minimum absolute atomic E-state index is 0.00170. The summed E-state index contributed by atoms with van der Waals surface area (Å²) < 4.78 is 5.10. The molecule has 1 atom stereocenters. The summed E-state index contributed by atoms with van der Waals surface area (Å²) in [5, 5.41) is 30.7. The Morgan fingerprint density at radius 1 is 1.25 bits per heavy atom. The maximum atomic E-state index is 12.3. The number of carbonyl (C=O) groups is 2. The van der Waals surface area contributed by atoms with E-state index in [2.05, 4.69) is 0 Å². The third-order valence-electron chi connectivity index (χ3n) is 3.68. The topological polar surface area (TPSA) is 104 Å². The van der Waals surface area contributed by atoms with Crippen molar-refractivity contribution in [2.45, 2.75) is 33.3 Å². The number of aromatic hydroxyl groups is 2. The number of fused-ring (bicyclic) bond motifs is 1. The van der Waals surface area contributed by atoms with E-state index in [4.69, 9.17) is 4.74 Å². The number of hydrogen-bond acceptors (Lipinski definition) is 6. The zero-order valence-electron chi connectivity index (χ0n) is 13.8. The minimum Gasteiger partial charge on any atom is -0.507 e. The second-order valence-electron chi connectivity index (χ2n) is 5.75. The monoisotopic (exact) mass is 332 g/mol. The van der Waals surface area contributed by atoms with E-state index < -0.39 is 29.2 Å². The van der Waals surface area contributed by atoms with Gasteiger partial charge in [0.25, 0.3) is 0 Å². The number of aliphatic hydroxyl groups excluding tert-OH is 1. The van der Waals surface area contributed by atoms with Crippen molar-refractivity contribution >= 4 is 11.6 Å². The molecule has 0 aromatic heterocycles. The van der Waals surface area contributed by atoms with Gasteiger partial charge in [0.1, 0.15) is 11.5 Å². The van der Waals surface area contributed by atoms with Crippen LogP contribution in [0.3, 0.4) is 0 Å². The third kappa shape index (κ3) is 3.19. The van der Waals surface area contributed by atoms with Crippen LogP contribution in [-0.4, -0.2) is 33.5 Å². The molecule has 0 aliphatic heterocycles. The molecule has 1 aromatic rings. The number of allylic oxidation sites excluding steroid dienone is 3. The Morgan fingerprint density at radius 2 is 1.92 bits per heavy atom. The summed E-state index contributed by atoms with van der Waals surface area (Å²) in [7, 11) is 0. The lowest BCUT2D eigenvalue weighted by molar-refractivity contribution is 0.0886. The Morgan fingerprint density at radius 3 is 2.50 bits per heavy atom. The number of rotatable bonds is 5. The first kappa shape index (κ1) is 17.7. The van der Waals surface area contributed by atoms with Gasteiger partial charge in [-0.25, -0.2) is 0 Å². The van der Waals surface area contributed by atoms with Crippen LogP contribution in [0.1, 0.15) is 59.6 Å². The van der Waals surface area contributed by atoms with Crippen molar-refractivity contribution in [3.05, 3.63) is 46.2 Å². The number of phenolic OH excluding ortho intramolecular Hbond substituents is 2. The number of carbonyl (C=O) groups excluding carboxylic acids is 2. The molecule has 1 aliphatic rings. The lowest BCUT2D eigenvalue weighted by Crippen LogP contribution is -2.20. The Hall–Kier alpha value is -2.60. The molecule has 24 heavy (non-hydrogen) atoms. The van der Waals surface area contributed by atoms with Gasteiger partial charge in [0.05, 0.1) is 23.8 Å². The molecule has 0 saturated carbocycles.